The molecule has 0 aliphatic rings. The van der Waals surface area contributed by atoms with Crippen LogP contribution in [-0.2, 0) is 5.54 Å². The van der Waals surface area contributed by atoms with Gasteiger partial charge in [-0.1, -0.05) is 28.1 Å². The summed E-state index contributed by atoms with van der Waals surface area (Å²) >= 11 is 3.43. The first-order valence-corrected chi connectivity index (χ1v) is 4.93. The molecule has 0 saturated heterocycles. The van der Waals surface area contributed by atoms with Gasteiger partial charge in [0.25, 0.3) is 0 Å². The number of aliphatic hydroxyl groups is 1. The predicted octanol–water partition coefficient (Wildman–Crippen LogP) is 1.92. The van der Waals surface area contributed by atoms with E-state index >= 15 is 0 Å². The molecule has 0 aliphatic heterocycles. The second-order valence-electron chi connectivity index (χ2n) is 3.56. The van der Waals surface area contributed by atoms with E-state index in [0.717, 1.165) is 10.0 Å². The Labute approximate surface area is 86.9 Å². The third kappa shape index (κ3) is 2.30. The van der Waals surface area contributed by atoms with E-state index < -0.39 is 5.54 Å². The van der Waals surface area contributed by atoms with Crippen molar-refractivity contribution in [3.05, 3.63) is 33.8 Å². The van der Waals surface area contributed by atoms with Crippen LogP contribution in [0.1, 0.15) is 18.1 Å². The van der Waals surface area contributed by atoms with E-state index in [1.807, 2.05) is 32.0 Å². The van der Waals surface area contributed by atoms with E-state index in [9.17, 15) is 0 Å². The first kappa shape index (κ1) is 10.7. The lowest BCUT2D eigenvalue weighted by molar-refractivity contribution is 0.209. The minimum Gasteiger partial charge on any atom is -0.394 e. The third-order valence-electron chi connectivity index (χ3n) is 2.07. The summed E-state index contributed by atoms with van der Waals surface area (Å²) in [6.07, 6.45) is 0. The molecule has 0 radical (unpaired) electrons. The van der Waals surface area contributed by atoms with Crippen LogP contribution >= 0.6 is 15.9 Å². The van der Waals surface area contributed by atoms with Gasteiger partial charge in [-0.2, -0.15) is 0 Å². The van der Waals surface area contributed by atoms with Crippen molar-refractivity contribution in [2.24, 2.45) is 5.73 Å². The van der Waals surface area contributed by atoms with Crippen molar-refractivity contribution in [2.45, 2.75) is 19.4 Å². The van der Waals surface area contributed by atoms with E-state index in [4.69, 9.17) is 10.8 Å². The average molecular weight is 244 g/mol. The highest BCUT2D eigenvalue weighted by Gasteiger charge is 2.22. The number of rotatable bonds is 2. The molecule has 0 amide bonds. The molecule has 0 heterocycles. The number of hydrogen-bond acceptors (Lipinski definition) is 2. The standard InChI is InChI=1S/C10H14BrNO/c1-7-3-4-8(9(11)5-7)10(2,12)6-13/h3-5,13H,6,12H2,1-2H3. The highest BCUT2D eigenvalue weighted by molar-refractivity contribution is 9.10. The van der Waals surface area contributed by atoms with Gasteiger partial charge in [-0.25, -0.2) is 0 Å². The number of aryl methyl sites for hydroxylation is 1. The summed E-state index contributed by atoms with van der Waals surface area (Å²) in [5.74, 6) is 0. The van der Waals surface area contributed by atoms with E-state index in [1.54, 1.807) is 0 Å². The van der Waals surface area contributed by atoms with Gasteiger partial charge in [0.05, 0.1) is 12.1 Å². The molecule has 1 rings (SSSR count). The van der Waals surface area contributed by atoms with Crippen LogP contribution < -0.4 is 5.73 Å². The Bertz CT molecular complexity index is 310. The first-order chi connectivity index (χ1) is 5.97. The molecule has 0 fully saturated rings. The lowest BCUT2D eigenvalue weighted by Gasteiger charge is -2.23. The van der Waals surface area contributed by atoms with E-state index in [0.29, 0.717) is 0 Å². The second kappa shape index (κ2) is 3.78. The van der Waals surface area contributed by atoms with Gasteiger partial charge in [-0.15, -0.1) is 0 Å². The minimum atomic E-state index is -0.674. The monoisotopic (exact) mass is 243 g/mol. The van der Waals surface area contributed by atoms with Crippen molar-refractivity contribution in [1.82, 2.24) is 0 Å². The summed E-state index contributed by atoms with van der Waals surface area (Å²) < 4.78 is 0.951. The Morgan fingerprint density at radius 1 is 1.54 bits per heavy atom. The summed E-state index contributed by atoms with van der Waals surface area (Å²) in [5.41, 5.74) is 7.34. The van der Waals surface area contributed by atoms with Crippen LogP contribution in [0.5, 0.6) is 0 Å². The Morgan fingerprint density at radius 3 is 2.62 bits per heavy atom. The van der Waals surface area contributed by atoms with E-state index in [1.165, 1.54) is 5.56 Å². The van der Waals surface area contributed by atoms with E-state index in [2.05, 4.69) is 15.9 Å². The molecule has 3 N–H and O–H groups in total. The van der Waals surface area contributed by atoms with Gasteiger partial charge in [-0.05, 0) is 31.0 Å². The summed E-state index contributed by atoms with van der Waals surface area (Å²) in [5, 5.41) is 9.10. The number of nitrogens with two attached hydrogens (primary N) is 1. The SMILES string of the molecule is Cc1ccc(C(C)(N)CO)c(Br)c1. The number of hydrogen-bond donors (Lipinski definition) is 2. The summed E-state index contributed by atoms with van der Waals surface area (Å²) in [7, 11) is 0. The zero-order valence-electron chi connectivity index (χ0n) is 7.84. The van der Waals surface area contributed by atoms with Crippen LogP contribution in [0.3, 0.4) is 0 Å². The van der Waals surface area contributed by atoms with Crippen molar-refractivity contribution >= 4 is 15.9 Å². The molecule has 0 aliphatic carbocycles. The molecular weight excluding hydrogens is 230 g/mol. The fourth-order valence-corrected chi connectivity index (χ4v) is 2.11. The van der Waals surface area contributed by atoms with Gasteiger partial charge in [0.2, 0.25) is 0 Å². The highest BCUT2D eigenvalue weighted by Crippen LogP contribution is 2.26. The number of benzene rings is 1. The Morgan fingerprint density at radius 2 is 2.15 bits per heavy atom. The maximum Gasteiger partial charge on any atom is 0.0650 e. The van der Waals surface area contributed by atoms with Crippen molar-refractivity contribution in [3.8, 4) is 0 Å². The van der Waals surface area contributed by atoms with Crippen LogP contribution in [-0.4, -0.2) is 11.7 Å². The van der Waals surface area contributed by atoms with Crippen molar-refractivity contribution in [2.75, 3.05) is 6.61 Å². The maximum absolute atomic E-state index is 9.10. The molecule has 13 heavy (non-hydrogen) atoms. The molecular formula is C10H14BrNO. The molecule has 0 bridgehead atoms. The summed E-state index contributed by atoms with van der Waals surface area (Å²) in [6.45, 7) is 3.76. The molecule has 72 valence electrons. The van der Waals surface area contributed by atoms with Gasteiger partial charge >= 0.3 is 0 Å². The van der Waals surface area contributed by atoms with Gasteiger partial charge < -0.3 is 10.8 Å². The van der Waals surface area contributed by atoms with Gasteiger partial charge in [0.15, 0.2) is 0 Å². The van der Waals surface area contributed by atoms with Gasteiger partial charge in [0.1, 0.15) is 0 Å². The lowest BCUT2D eigenvalue weighted by atomic mass is 9.93. The van der Waals surface area contributed by atoms with E-state index in [-0.39, 0.29) is 6.61 Å². The number of halogens is 1. The molecule has 0 aromatic heterocycles. The van der Waals surface area contributed by atoms with Gasteiger partial charge in [0, 0.05) is 4.47 Å². The first-order valence-electron chi connectivity index (χ1n) is 4.14. The predicted molar refractivity (Wildman–Crippen MR) is 57.5 cm³/mol. The summed E-state index contributed by atoms with van der Waals surface area (Å²) in [6, 6.07) is 5.92. The smallest absolute Gasteiger partial charge is 0.0650 e. The normalized spacial score (nSPS) is 15.5. The number of aliphatic hydroxyl groups excluding tert-OH is 1. The minimum absolute atomic E-state index is 0.0609. The Kier molecular flexibility index (Phi) is 3.11. The fraction of sp³-hybridized carbons (Fsp3) is 0.400. The fourth-order valence-electron chi connectivity index (χ4n) is 1.17. The molecule has 3 heteroatoms. The van der Waals surface area contributed by atoms with Crippen molar-refractivity contribution < 1.29 is 5.11 Å². The largest absolute Gasteiger partial charge is 0.394 e. The highest BCUT2D eigenvalue weighted by atomic mass is 79.9. The summed E-state index contributed by atoms with van der Waals surface area (Å²) in [4.78, 5) is 0. The average Bonchev–Trinajstić information content (AvgIpc) is 2.03. The Balaban J connectivity index is 3.16. The topological polar surface area (TPSA) is 46.2 Å². The molecule has 1 unspecified atom stereocenters. The van der Waals surface area contributed by atoms with Crippen LogP contribution in [0.25, 0.3) is 0 Å². The lowest BCUT2D eigenvalue weighted by Crippen LogP contribution is -2.37. The van der Waals surface area contributed by atoms with Crippen molar-refractivity contribution in [1.29, 1.82) is 0 Å². The molecule has 0 spiro atoms. The molecule has 0 saturated carbocycles. The molecule has 1 aromatic rings. The van der Waals surface area contributed by atoms with Crippen molar-refractivity contribution in [3.63, 3.8) is 0 Å². The zero-order chi connectivity index (χ0) is 10.1. The molecule has 2 nitrogen and oxygen atoms in total. The van der Waals surface area contributed by atoms with Crippen LogP contribution in [0.15, 0.2) is 22.7 Å². The third-order valence-corrected chi connectivity index (χ3v) is 2.72. The Hall–Kier alpha value is -0.380. The second-order valence-corrected chi connectivity index (χ2v) is 4.41. The maximum atomic E-state index is 9.10. The zero-order valence-corrected chi connectivity index (χ0v) is 9.43. The quantitative estimate of drug-likeness (QED) is 0.834. The van der Waals surface area contributed by atoms with Crippen LogP contribution in [0.2, 0.25) is 0 Å². The van der Waals surface area contributed by atoms with Crippen LogP contribution in [0.4, 0.5) is 0 Å². The van der Waals surface area contributed by atoms with Gasteiger partial charge in [-0.3, -0.25) is 0 Å². The molecule has 1 atom stereocenters. The molecule has 1 aromatic carbocycles. The van der Waals surface area contributed by atoms with Crippen LogP contribution in [0, 0.1) is 6.92 Å².